The SMILES string of the molecule is O=C(c1cnccn1)N1CCN(c2ccc(-n3cncn3)nn2)CC1. The van der Waals surface area contributed by atoms with Crippen LogP contribution in [0.1, 0.15) is 10.5 Å². The fraction of sp³-hybridized carbons (Fsp3) is 0.267. The Kier molecular flexibility index (Phi) is 3.99. The minimum absolute atomic E-state index is 0.0969. The summed E-state index contributed by atoms with van der Waals surface area (Å²) in [6.07, 6.45) is 7.58. The van der Waals surface area contributed by atoms with Crippen molar-refractivity contribution in [1.29, 1.82) is 0 Å². The highest BCUT2D eigenvalue weighted by Crippen LogP contribution is 2.14. The number of hydrogen-bond donors (Lipinski definition) is 0. The lowest BCUT2D eigenvalue weighted by Crippen LogP contribution is -2.49. The van der Waals surface area contributed by atoms with Crippen molar-refractivity contribution in [2.24, 2.45) is 0 Å². The van der Waals surface area contributed by atoms with Crippen LogP contribution in [0.5, 0.6) is 0 Å². The first kappa shape index (κ1) is 15.1. The van der Waals surface area contributed by atoms with E-state index in [2.05, 4.69) is 35.1 Å². The van der Waals surface area contributed by atoms with Crippen molar-refractivity contribution in [2.75, 3.05) is 31.1 Å². The van der Waals surface area contributed by atoms with E-state index in [0.717, 1.165) is 5.82 Å². The number of piperazine rings is 1. The third-order valence-electron chi connectivity index (χ3n) is 3.96. The van der Waals surface area contributed by atoms with E-state index in [9.17, 15) is 4.79 Å². The minimum Gasteiger partial charge on any atom is -0.352 e. The largest absolute Gasteiger partial charge is 0.352 e. The molecule has 1 aliphatic heterocycles. The smallest absolute Gasteiger partial charge is 0.274 e. The molecule has 126 valence electrons. The molecule has 1 amide bonds. The molecule has 1 aliphatic rings. The van der Waals surface area contributed by atoms with E-state index in [4.69, 9.17) is 0 Å². The minimum atomic E-state index is -0.0969. The van der Waals surface area contributed by atoms with Gasteiger partial charge < -0.3 is 9.80 Å². The molecule has 1 fully saturated rings. The number of nitrogens with zero attached hydrogens (tertiary/aromatic N) is 9. The maximum atomic E-state index is 12.4. The van der Waals surface area contributed by atoms with Gasteiger partial charge in [0.25, 0.3) is 5.91 Å². The summed E-state index contributed by atoms with van der Waals surface area (Å²) >= 11 is 0. The number of carbonyl (C=O) groups is 1. The lowest BCUT2D eigenvalue weighted by atomic mass is 10.2. The van der Waals surface area contributed by atoms with Crippen LogP contribution in [-0.4, -0.2) is 71.9 Å². The molecule has 1 saturated heterocycles. The summed E-state index contributed by atoms with van der Waals surface area (Å²) in [7, 11) is 0. The van der Waals surface area contributed by atoms with E-state index in [1.165, 1.54) is 18.7 Å². The molecule has 4 rings (SSSR count). The first-order chi connectivity index (χ1) is 12.3. The van der Waals surface area contributed by atoms with Crippen molar-refractivity contribution in [3.05, 3.63) is 49.1 Å². The zero-order valence-electron chi connectivity index (χ0n) is 13.3. The molecular formula is C15H15N9O. The third kappa shape index (κ3) is 3.13. The van der Waals surface area contributed by atoms with Crippen LogP contribution in [0.4, 0.5) is 5.82 Å². The van der Waals surface area contributed by atoms with Crippen LogP contribution in [0.15, 0.2) is 43.4 Å². The number of carbonyl (C=O) groups excluding carboxylic acids is 1. The van der Waals surface area contributed by atoms with E-state index in [1.807, 2.05) is 12.1 Å². The summed E-state index contributed by atoms with van der Waals surface area (Å²) in [5.74, 6) is 1.29. The molecule has 0 aromatic carbocycles. The summed E-state index contributed by atoms with van der Waals surface area (Å²) in [6.45, 7) is 2.57. The summed E-state index contributed by atoms with van der Waals surface area (Å²) in [5, 5.41) is 12.4. The van der Waals surface area contributed by atoms with Gasteiger partial charge in [0.1, 0.15) is 18.3 Å². The van der Waals surface area contributed by atoms with Crippen molar-refractivity contribution in [3.8, 4) is 5.82 Å². The molecule has 25 heavy (non-hydrogen) atoms. The molecule has 0 aliphatic carbocycles. The lowest BCUT2D eigenvalue weighted by Gasteiger charge is -2.34. The second-order valence-corrected chi connectivity index (χ2v) is 5.46. The topological polar surface area (TPSA) is 106 Å². The molecule has 3 aromatic rings. The molecule has 0 bridgehead atoms. The van der Waals surface area contributed by atoms with Gasteiger partial charge in [0, 0.05) is 38.6 Å². The zero-order valence-corrected chi connectivity index (χ0v) is 13.3. The number of amides is 1. The van der Waals surface area contributed by atoms with Crippen LogP contribution in [-0.2, 0) is 0 Å². The number of rotatable bonds is 3. The molecule has 4 heterocycles. The quantitative estimate of drug-likeness (QED) is 0.647. The standard InChI is InChI=1S/C15H15N9O/c25-15(12-9-16-3-4-18-12)23-7-5-22(6-8-23)13-1-2-14(21-20-13)24-11-17-10-19-24/h1-4,9-11H,5-8H2. The maximum Gasteiger partial charge on any atom is 0.274 e. The zero-order chi connectivity index (χ0) is 17.1. The number of anilines is 1. The van der Waals surface area contributed by atoms with Gasteiger partial charge >= 0.3 is 0 Å². The Morgan fingerprint density at radius 1 is 0.960 bits per heavy atom. The highest BCUT2D eigenvalue weighted by molar-refractivity contribution is 5.92. The molecule has 0 saturated carbocycles. The van der Waals surface area contributed by atoms with Gasteiger partial charge in [-0.2, -0.15) is 5.10 Å². The summed E-state index contributed by atoms with van der Waals surface area (Å²) in [6, 6.07) is 3.73. The highest BCUT2D eigenvalue weighted by Gasteiger charge is 2.23. The number of aromatic nitrogens is 7. The summed E-state index contributed by atoms with van der Waals surface area (Å²) < 4.78 is 1.55. The van der Waals surface area contributed by atoms with Crippen LogP contribution >= 0.6 is 0 Å². The molecule has 0 atom stereocenters. The lowest BCUT2D eigenvalue weighted by molar-refractivity contribution is 0.0740. The van der Waals surface area contributed by atoms with Crippen molar-refractivity contribution in [1.82, 2.24) is 39.8 Å². The summed E-state index contributed by atoms with van der Waals surface area (Å²) in [4.78, 5) is 28.1. The molecule has 0 spiro atoms. The monoisotopic (exact) mass is 337 g/mol. The maximum absolute atomic E-state index is 12.4. The predicted octanol–water partition coefficient (Wildman–Crippen LogP) is -0.190. The molecule has 10 heteroatoms. The van der Waals surface area contributed by atoms with E-state index in [0.29, 0.717) is 37.7 Å². The van der Waals surface area contributed by atoms with Gasteiger partial charge in [-0.1, -0.05) is 0 Å². The normalized spacial score (nSPS) is 14.6. The van der Waals surface area contributed by atoms with Crippen LogP contribution < -0.4 is 4.90 Å². The first-order valence-corrected chi connectivity index (χ1v) is 7.80. The van der Waals surface area contributed by atoms with E-state index in [1.54, 1.807) is 22.1 Å². The van der Waals surface area contributed by atoms with E-state index in [-0.39, 0.29) is 5.91 Å². The molecule has 10 nitrogen and oxygen atoms in total. The Balaban J connectivity index is 1.39. The van der Waals surface area contributed by atoms with Gasteiger partial charge in [-0.25, -0.2) is 14.6 Å². The van der Waals surface area contributed by atoms with Gasteiger partial charge in [-0.3, -0.25) is 9.78 Å². The number of hydrogen-bond acceptors (Lipinski definition) is 8. The van der Waals surface area contributed by atoms with Crippen molar-refractivity contribution in [3.63, 3.8) is 0 Å². The third-order valence-corrected chi connectivity index (χ3v) is 3.96. The second-order valence-electron chi connectivity index (χ2n) is 5.46. The Bertz CT molecular complexity index is 827. The fourth-order valence-corrected chi connectivity index (χ4v) is 2.65. The average molecular weight is 337 g/mol. The van der Waals surface area contributed by atoms with Crippen molar-refractivity contribution in [2.45, 2.75) is 0 Å². The summed E-state index contributed by atoms with van der Waals surface area (Å²) in [5.41, 5.74) is 0.368. The fourth-order valence-electron chi connectivity index (χ4n) is 2.65. The highest BCUT2D eigenvalue weighted by atomic mass is 16.2. The second kappa shape index (κ2) is 6.59. The molecule has 0 N–H and O–H groups in total. The Hall–Kier alpha value is -3.43. The molecular weight excluding hydrogens is 322 g/mol. The van der Waals surface area contributed by atoms with Crippen molar-refractivity contribution >= 4 is 11.7 Å². The van der Waals surface area contributed by atoms with Gasteiger partial charge in [0.15, 0.2) is 11.6 Å². The van der Waals surface area contributed by atoms with Crippen molar-refractivity contribution < 1.29 is 4.79 Å². The van der Waals surface area contributed by atoms with Gasteiger partial charge in [0.05, 0.1) is 6.20 Å². The van der Waals surface area contributed by atoms with Crippen LogP contribution in [0.25, 0.3) is 5.82 Å². The van der Waals surface area contributed by atoms with Crippen LogP contribution in [0.3, 0.4) is 0 Å². The molecule has 0 radical (unpaired) electrons. The van der Waals surface area contributed by atoms with Gasteiger partial charge in [-0.05, 0) is 12.1 Å². The Morgan fingerprint density at radius 2 is 1.76 bits per heavy atom. The van der Waals surface area contributed by atoms with E-state index >= 15 is 0 Å². The van der Waals surface area contributed by atoms with Gasteiger partial charge in [0.2, 0.25) is 0 Å². The van der Waals surface area contributed by atoms with Crippen LogP contribution in [0, 0.1) is 0 Å². The van der Waals surface area contributed by atoms with E-state index < -0.39 is 0 Å². The Morgan fingerprint density at radius 3 is 2.40 bits per heavy atom. The first-order valence-electron chi connectivity index (χ1n) is 7.80. The average Bonchev–Trinajstić information content (AvgIpc) is 3.23. The predicted molar refractivity (Wildman–Crippen MR) is 87.1 cm³/mol. The Labute approximate surface area is 143 Å². The van der Waals surface area contributed by atoms with Crippen LogP contribution in [0.2, 0.25) is 0 Å². The van der Waals surface area contributed by atoms with Gasteiger partial charge in [-0.15, -0.1) is 10.2 Å². The molecule has 3 aromatic heterocycles. The molecule has 0 unspecified atom stereocenters.